The molecule has 0 saturated heterocycles. The Morgan fingerprint density at radius 1 is 1.35 bits per heavy atom. The van der Waals surface area contributed by atoms with Crippen LogP contribution in [0.5, 0.6) is 0 Å². The summed E-state index contributed by atoms with van der Waals surface area (Å²) in [5.41, 5.74) is 1.02. The van der Waals surface area contributed by atoms with E-state index in [1.807, 2.05) is 13.0 Å². The highest BCUT2D eigenvalue weighted by Gasteiger charge is 2.08. The summed E-state index contributed by atoms with van der Waals surface area (Å²) in [5.74, 6) is 1.83. The van der Waals surface area contributed by atoms with Crippen LogP contribution in [0.4, 0.5) is 5.82 Å². The smallest absolute Gasteiger partial charge is 0.144 e. The Morgan fingerprint density at radius 2 is 2.06 bits per heavy atom. The van der Waals surface area contributed by atoms with E-state index in [2.05, 4.69) is 48.0 Å². The van der Waals surface area contributed by atoms with Crippen LogP contribution in [0.25, 0.3) is 0 Å². The molecule has 0 unspecified atom stereocenters. The fraction of sp³-hybridized carbons (Fsp3) is 0.692. The van der Waals surface area contributed by atoms with Crippen LogP contribution >= 0.6 is 0 Å². The fourth-order valence-corrected chi connectivity index (χ4v) is 1.45. The zero-order chi connectivity index (χ0) is 12.8. The minimum absolute atomic E-state index is 0.506. The van der Waals surface area contributed by atoms with Crippen LogP contribution in [-0.4, -0.2) is 34.5 Å². The van der Waals surface area contributed by atoms with Gasteiger partial charge in [0.2, 0.25) is 0 Å². The zero-order valence-corrected chi connectivity index (χ0v) is 11.6. The van der Waals surface area contributed by atoms with Crippen molar-refractivity contribution in [2.24, 2.45) is 0 Å². The molecule has 4 nitrogen and oxygen atoms in total. The van der Waals surface area contributed by atoms with Crippen LogP contribution in [0, 0.1) is 6.92 Å². The van der Waals surface area contributed by atoms with Crippen LogP contribution in [0.3, 0.4) is 0 Å². The number of aromatic nitrogens is 2. The summed E-state index contributed by atoms with van der Waals surface area (Å²) in [6, 6.07) is 2.50. The fourth-order valence-electron chi connectivity index (χ4n) is 1.45. The van der Waals surface area contributed by atoms with Crippen molar-refractivity contribution >= 4 is 5.82 Å². The average molecular weight is 236 g/mol. The van der Waals surface area contributed by atoms with Gasteiger partial charge in [0, 0.05) is 24.3 Å². The van der Waals surface area contributed by atoms with E-state index in [1.165, 1.54) is 0 Å². The Bertz CT molecular complexity index is 349. The van der Waals surface area contributed by atoms with Gasteiger partial charge in [0.05, 0.1) is 6.54 Å². The van der Waals surface area contributed by atoms with Gasteiger partial charge in [0.25, 0.3) is 0 Å². The summed E-state index contributed by atoms with van der Waals surface area (Å²) in [6.07, 6.45) is 1.10. The third kappa shape index (κ3) is 4.69. The normalized spacial score (nSPS) is 11.2. The van der Waals surface area contributed by atoms with E-state index in [0.717, 1.165) is 36.8 Å². The summed E-state index contributed by atoms with van der Waals surface area (Å²) >= 11 is 0. The molecule has 1 aromatic heterocycles. The predicted molar refractivity (Wildman–Crippen MR) is 72.2 cm³/mol. The van der Waals surface area contributed by atoms with Crippen molar-refractivity contribution in [3.63, 3.8) is 0 Å². The van der Waals surface area contributed by atoms with E-state index >= 15 is 0 Å². The van der Waals surface area contributed by atoms with Gasteiger partial charge < -0.3 is 5.32 Å². The molecule has 0 aliphatic heterocycles. The molecule has 0 radical (unpaired) electrons. The van der Waals surface area contributed by atoms with Crippen molar-refractivity contribution in [1.29, 1.82) is 0 Å². The number of nitrogens with one attached hydrogen (secondary N) is 1. The highest BCUT2D eigenvalue weighted by molar-refractivity contribution is 5.35. The number of rotatable bonds is 6. The van der Waals surface area contributed by atoms with Crippen molar-refractivity contribution in [2.45, 2.75) is 46.7 Å². The van der Waals surface area contributed by atoms with E-state index in [9.17, 15) is 0 Å². The first kappa shape index (κ1) is 13.9. The molecule has 0 aliphatic rings. The molecule has 0 amide bonds. The minimum atomic E-state index is 0.506. The number of hydrogen-bond donors (Lipinski definition) is 1. The molecule has 0 atom stereocenters. The molecule has 0 aliphatic carbocycles. The van der Waals surface area contributed by atoms with Gasteiger partial charge in [0.15, 0.2) is 0 Å². The highest BCUT2D eigenvalue weighted by Crippen LogP contribution is 2.08. The summed E-state index contributed by atoms with van der Waals surface area (Å²) in [6.45, 7) is 10.3. The lowest BCUT2D eigenvalue weighted by atomic mass is 10.3. The molecule has 17 heavy (non-hydrogen) atoms. The van der Waals surface area contributed by atoms with Crippen LogP contribution in [0.1, 0.15) is 38.7 Å². The maximum atomic E-state index is 4.53. The number of nitrogens with zero attached hydrogens (tertiary/aromatic N) is 3. The molecule has 1 rings (SSSR count). The summed E-state index contributed by atoms with van der Waals surface area (Å²) in [4.78, 5) is 11.2. The molecule has 0 spiro atoms. The van der Waals surface area contributed by atoms with E-state index < -0.39 is 0 Å². The standard InChI is InChI=1S/C13H24N4/c1-6-7-14-12-8-11(4)15-13(16-12)9-17(5)10(2)3/h8,10H,6-7,9H2,1-5H3,(H,14,15,16). The number of hydrogen-bond acceptors (Lipinski definition) is 4. The Morgan fingerprint density at radius 3 is 2.65 bits per heavy atom. The molecule has 0 aromatic carbocycles. The quantitative estimate of drug-likeness (QED) is 0.823. The van der Waals surface area contributed by atoms with Gasteiger partial charge in [-0.15, -0.1) is 0 Å². The van der Waals surface area contributed by atoms with E-state index in [-0.39, 0.29) is 0 Å². The molecule has 96 valence electrons. The van der Waals surface area contributed by atoms with Gasteiger partial charge in [-0.05, 0) is 34.2 Å². The van der Waals surface area contributed by atoms with Crippen molar-refractivity contribution in [1.82, 2.24) is 14.9 Å². The second-order valence-corrected chi connectivity index (χ2v) is 4.75. The number of anilines is 1. The topological polar surface area (TPSA) is 41.1 Å². The van der Waals surface area contributed by atoms with Gasteiger partial charge in [-0.25, -0.2) is 9.97 Å². The minimum Gasteiger partial charge on any atom is -0.370 e. The molecule has 1 aromatic rings. The van der Waals surface area contributed by atoms with Gasteiger partial charge >= 0.3 is 0 Å². The second-order valence-electron chi connectivity index (χ2n) is 4.75. The Labute approximate surface area is 104 Å². The van der Waals surface area contributed by atoms with Crippen molar-refractivity contribution < 1.29 is 0 Å². The second kappa shape index (κ2) is 6.55. The SMILES string of the molecule is CCCNc1cc(C)nc(CN(C)C(C)C)n1. The molecule has 0 saturated carbocycles. The zero-order valence-electron chi connectivity index (χ0n) is 11.6. The molecular weight excluding hydrogens is 212 g/mol. The Balaban J connectivity index is 2.74. The summed E-state index contributed by atoms with van der Waals surface area (Å²) in [7, 11) is 2.09. The number of aryl methyl sites for hydroxylation is 1. The molecule has 4 heteroatoms. The Kier molecular flexibility index (Phi) is 5.35. The third-order valence-corrected chi connectivity index (χ3v) is 2.73. The van der Waals surface area contributed by atoms with E-state index in [1.54, 1.807) is 0 Å². The van der Waals surface area contributed by atoms with Crippen molar-refractivity contribution in [2.75, 3.05) is 18.9 Å². The lowest BCUT2D eigenvalue weighted by Crippen LogP contribution is -2.26. The summed E-state index contributed by atoms with van der Waals surface area (Å²) in [5, 5.41) is 3.31. The predicted octanol–water partition coefficient (Wildman–Crippen LogP) is 2.45. The average Bonchev–Trinajstić information content (AvgIpc) is 2.25. The van der Waals surface area contributed by atoms with Gasteiger partial charge in [-0.2, -0.15) is 0 Å². The first-order valence-corrected chi connectivity index (χ1v) is 6.31. The Hall–Kier alpha value is -1.16. The van der Waals surface area contributed by atoms with Gasteiger partial charge in [-0.1, -0.05) is 6.92 Å². The van der Waals surface area contributed by atoms with Gasteiger partial charge in [-0.3, -0.25) is 4.90 Å². The molecule has 0 fully saturated rings. The van der Waals surface area contributed by atoms with Crippen LogP contribution in [-0.2, 0) is 6.54 Å². The van der Waals surface area contributed by atoms with Crippen LogP contribution in [0.2, 0.25) is 0 Å². The first-order valence-electron chi connectivity index (χ1n) is 6.31. The monoisotopic (exact) mass is 236 g/mol. The maximum absolute atomic E-state index is 4.53. The molecular formula is C13H24N4. The van der Waals surface area contributed by atoms with Crippen LogP contribution < -0.4 is 5.32 Å². The maximum Gasteiger partial charge on any atom is 0.144 e. The van der Waals surface area contributed by atoms with Gasteiger partial charge in [0.1, 0.15) is 11.6 Å². The van der Waals surface area contributed by atoms with E-state index in [0.29, 0.717) is 6.04 Å². The summed E-state index contributed by atoms with van der Waals surface area (Å²) < 4.78 is 0. The van der Waals surface area contributed by atoms with Crippen LogP contribution in [0.15, 0.2) is 6.07 Å². The lowest BCUT2D eigenvalue weighted by molar-refractivity contribution is 0.259. The largest absolute Gasteiger partial charge is 0.370 e. The lowest BCUT2D eigenvalue weighted by Gasteiger charge is -2.20. The third-order valence-electron chi connectivity index (χ3n) is 2.73. The molecule has 0 bridgehead atoms. The highest BCUT2D eigenvalue weighted by atomic mass is 15.1. The van der Waals surface area contributed by atoms with Crippen molar-refractivity contribution in [3.05, 3.63) is 17.6 Å². The first-order chi connectivity index (χ1) is 8.02. The molecule has 1 heterocycles. The molecule has 1 N–H and O–H groups in total. The van der Waals surface area contributed by atoms with Crippen molar-refractivity contribution in [3.8, 4) is 0 Å². The van der Waals surface area contributed by atoms with E-state index in [4.69, 9.17) is 0 Å².